The largest absolute Gasteiger partial charge is 0.480 e. The average molecular weight is 446 g/mol. The Balaban J connectivity index is 1.94. The predicted molar refractivity (Wildman–Crippen MR) is 119 cm³/mol. The average Bonchev–Trinajstić information content (AvgIpc) is 3.36. The third-order valence-corrected chi connectivity index (χ3v) is 7.71. The summed E-state index contributed by atoms with van der Waals surface area (Å²) in [5.41, 5.74) is -2.20. The highest BCUT2D eigenvalue weighted by atomic mass is 32.1. The molecule has 3 aromatic heterocycles. The van der Waals surface area contributed by atoms with E-state index in [1.807, 2.05) is 0 Å². The smallest absolute Gasteiger partial charge is 0.333 e. The number of carboxylic acid groups (broad SMARTS) is 1. The summed E-state index contributed by atoms with van der Waals surface area (Å²) < 4.78 is 7.91. The van der Waals surface area contributed by atoms with Crippen LogP contribution in [0.5, 0.6) is 0 Å². The number of fused-ring (bicyclic) bond motifs is 1. The molecule has 1 aliphatic rings. The van der Waals surface area contributed by atoms with Crippen LogP contribution < -0.4 is 11.2 Å². The van der Waals surface area contributed by atoms with Gasteiger partial charge in [0.2, 0.25) is 5.89 Å². The fraction of sp³-hybridized carbons (Fsp3) is 0.545. The van der Waals surface area contributed by atoms with Gasteiger partial charge in [-0.2, -0.15) is 0 Å². The number of carboxylic acids is 1. The summed E-state index contributed by atoms with van der Waals surface area (Å²) in [5, 5.41) is 10.1. The molecule has 166 valence electrons. The van der Waals surface area contributed by atoms with Crippen molar-refractivity contribution < 1.29 is 14.3 Å². The molecule has 8 nitrogen and oxygen atoms in total. The number of aryl methyl sites for hydroxylation is 2. The number of nitrogens with zero attached hydrogens (tertiary/aromatic N) is 3. The van der Waals surface area contributed by atoms with E-state index in [1.54, 1.807) is 11.5 Å². The standard InChI is InChI=1S/C22H27N3O5S/c1-13-15-18(26)25(22(2,3)20(27)28)21(29)24(11-9-14-7-5-4-6-8-14)19(15)31-16(13)17-23-10-12-30-17/h10,12,14H,4-9,11H2,1-3H3,(H,27,28). The number of rotatable bonds is 6. The molecule has 0 radical (unpaired) electrons. The van der Waals surface area contributed by atoms with Crippen molar-refractivity contribution in [3.63, 3.8) is 0 Å². The zero-order valence-corrected chi connectivity index (χ0v) is 18.8. The number of thiophene rings is 1. The topological polar surface area (TPSA) is 107 Å². The number of aromatic nitrogens is 3. The highest BCUT2D eigenvalue weighted by molar-refractivity contribution is 7.22. The fourth-order valence-corrected chi connectivity index (χ4v) is 5.72. The molecule has 9 heteroatoms. The SMILES string of the molecule is Cc1c(-c2ncco2)sc2c1c(=O)n(C(C)(C)C(=O)O)c(=O)n2CCC1CCCCC1. The van der Waals surface area contributed by atoms with Crippen LogP contribution in [0, 0.1) is 12.8 Å². The number of oxazole rings is 1. The van der Waals surface area contributed by atoms with Gasteiger partial charge >= 0.3 is 11.7 Å². The minimum Gasteiger partial charge on any atom is -0.480 e. The molecule has 0 atom stereocenters. The maximum absolute atomic E-state index is 13.5. The van der Waals surface area contributed by atoms with E-state index in [0.717, 1.165) is 23.8 Å². The minimum atomic E-state index is -1.67. The van der Waals surface area contributed by atoms with Crippen molar-refractivity contribution in [3.8, 4) is 10.8 Å². The first-order valence-electron chi connectivity index (χ1n) is 10.7. The Hall–Kier alpha value is -2.68. The van der Waals surface area contributed by atoms with Crippen molar-refractivity contribution in [1.29, 1.82) is 0 Å². The predicted octanol–water partition coefficient (Wildman–Crippen LogP) is 3.98. The molecule has 3 heterocycles. The Kier molecular flexibility index (Phi) is 5.63. The molecule has 31 heavy (non-hydrogen) atoms. The molecular formula is C22H27N3O5S. The quantitative estimate of drug-likeness (QED) is 0.615. The zero-order valence-electron chi connectivity index (χ0n) is 18.0. The Labute approximate surface area is 183 Å². The van der Waals surface area contributed by atoms with Crippen molar-refractivity contribution >= 4 is 27.5 Å². The monoisotopic (exact) mass is 445 g/mol. The van der Waals surface area contributed by atoms with Crippen LogP contribution in [0.15, 0.2) is 26.5 Å². The second kappa shape index (κ2) is 8.11. The van der Waals surface area contributed by atoms with Crippen LogP contribution in [0.1, 0.15) is 57.9 Å². The van der Waals surface area contributed by atoms with Crippen molar-refractivity contribution in [3.05, 3.63) is 38.9 Å². The molecule has 0 aliphatic heterocycles. The van der Waals surface area contributed by atoms with E-state index in [1.165, 1.54) is 56.9 Å². The summed E-state index contributed by atoms with van der Waals surface area (Å²) in [6.45, 7) is 4.99. The number of hydrogen-bond donors (Lipinski definition) is 1. The summed E-state index contributed by atoms with van der Waals surface area (Å²) in [4.78, 5) is 44.2. The molecule has 4 rings (SSSR count). The van der Waals surface area contributed by atoms with Gasteiger partial charge in [-0.1, -0.05) is 32.1 Å². The number of aliphatic carboxylic acids is 1. The minimum absolute atomic E-state index is 0.357. The molecule has 3 aromatic rings. The van der Waals surface area contributed by atoms with Gasteiger partial charge < -0.3 is 9.52 Å². The van der Waals surface area contributed by atoms with Crippen LogP contribution in [0.25, 0.3) is 21.0 Å². The lowest BCUT2D eigenvalue weighted by Gasteiger charge is -2.25. The van der Waals surface area contributed by atoms with Crippen molar-refractivity contribution in [2.24, 2.45) is 5.92 Å². The second-order valence-electron chi connectivity index (χ2n) is 8.81. The van der Waals surface area contributed by atoms with Crippen LogP contribution in [0.2, 0.25) is 0 Å². The molecule has 0 saturated heterocycles. The summed E-state index contributed by atoms with van der Waals surface area (Å²) >= 11 is 1.30. The van der Waals surface area contributed by atoms with Gasteiger partial charge in [-0.15, -0.1) is 11.3 Å². The third-order valence-electron chi connectivity index (χ3n) is 6.41. The van der Waals surface area contributed by atoms with Gasteiger partial charge in [0.05, 0.1) is 16.5 Å². The molecule has 0 spiro atoms. The van der Waals surface area contributed by atoms with Gasteiger partial charge in [0.15, 0.2) is 0 Å². The first-order chi connectivity index (χ1) is 14.7. The molecule has 0 unspecified atom stereocenters. The lowest BCUT2D eigenvalue weighted by molar-refractivity contribution is -0.146. The van der Waals surface area contributed by atoms with Crippen molar-refractivity contribution in [1.82, 2.24) is 14.1 Å². The molecule has 1 fully saturated rings. The van der Waals surface area contributed by atoms with Crippen molar-refractivity contribution in [2.75, 3.05) is 0 Å². The molecular weight excluding hydrogens is 418 g/mol. The van der Waals surface area contributed by atoms with Gasteiger partial charge in [-0.05, 0) is 38.7 Å². The Bertz CT molecular complexity index is 1230. The van der Waals surface area contributed by atoms with E-state index in [2.05, 4.69) is 4.98 Å². The molecule has 1 N–H and O–H groups in total. The Morgan fingerprint density at radius 1 is 1.29 bits per heavy atom. The summed E-state index contributed by atoms with van der Waals surface area (Å²) in [7, 11) is 0. The highest BCUT2D eigenvalue weighted by Crippen LogP contribution is 2.36. The summed E-state index contributed by atoms with van der Waals surface area (Å²) in [6.07, 6.45) is 9.75. The normalized spacial score (nSPS) is 15.6. The Morgan fingerprint density at radius 2 is 2.00 bits per heavy atom. The van der Waals surface area contributed by atoms with Crippen LogP contribution in [-0.4, -0.2) is 25.2 Å². The van der Waals surface area contributed by atoms with Crippen LogP contribution in [0.3, 0.4) is 0 Å². The van der Waals surface area contributed by atoms with E-state index < -0.39 is 22.8 Å². The second-order valence-corrected chi connectivity index (χ2v) is 9.80. The van der Waals surface area contributed by atoms with E-state index in [9.17, 15) is 19.5 Å². The first kappa shape index (κ1) is 21.5. The van der Waals surface area contributed by atoms with Gasteiger partial charge in [-0.25, -0.2) is 19.1 Å². The van der Waals surface area contributed by atoms with Gasteiger partial charge in [-0.3, -0.25) is 9.36 Å². The lowest BCUT2D eigenvalue weighted by atomic mass is 9.87. The summed E-state index contributed by atoms with van der Waals surface area (Å²) in [5.74, 6) is -0.310. The number of hydrogen-bond acceptors (Lipinski definition) is 6. The van der Waals surface area contributed by atoms with Gasteiger partial charge in [0.1, 0.15) is 16.6 Å². The molecule has 1 aliphatic carbocycles. The molecule has 0 aromatic carbocycles. The van der Waals surface area contributed by atoms with E-state index in [4.69, 9.17) is 4.42 Å². The fourth-order valence-electron chi connectivity index (χ4n) is 4.46. The van der Waals surface area contributed by atoms with E-state index >= 15 is 0 Å². The lowest BCUT2D eigenvalue weighted by Crippen LogP contribution is -2.52. The maximum Gasteiger partial charge on any atom is 0.333 e. The van der Waals surface area contributed by atoms with Crippen LogP contribution >= 0.6 is 11.3 Å². The zero-order chi connectivity index (χ0) is 22.3. The molecule has 0 bridgehead atoms. The maximum atomic E-state index is 13.5. The van der Waals surface area contributed by atoms with E-state index in [0.29, 0.717) is 39.0 Å². The van der Waals surface area contributed by atoms with Crippen LogP contribution in [-0.2, 0) is 16.9 Å². The van der Waals surface area contributed by atoms with Crippen LogP contribution in [0.4, 0.5) is 0 Å². The highest BCUT2D eigenvalue weighted by Gasteiger charge is 2.35. The van der Waals surface area contributed by atoms with Gasteiger partial charge in [0, 0.05) is 6.54 Å². The molecule has 0 amide bonds. The summed E-state index contributed by atoms with van der Waals surface area (Å²) in [6, 6.07) is 0. The first-order valence-corrected chi connectivity index (χ1v) is 11.5. The number of carbonyl (C=O) groups is 1. The van der Waals surface area contributed by atoms with Crippen molar-refractivity contribution in [2.45, 2.75) is 71.4 Å². The third kappa shape index (κ3) is 3.64. The van der Waals surface area contributed by atoms with Gasteiger partial charge in [0.25, 0.3) is 5.56 Å². The van der Waals surface area contributed by atoms with E-state index in [-0.39, 0.29) is 0 Å². The Morgan fingerprint density at radius 3 is 2.61 bits per heavy atom. The molecule has 1 saturated carbocycles.